The number of halogens is 1. The molecule has 2 rings (SSSR count). The smallest absolute Gasteiger partial charge is 0.335 e. The number of aryl methyl sites for hydroxylation is 1. The highest BCUT2D eigenvalue weighted by molar-refractivity contribution is 6.31. The summed E-state index contributed by atoms with van der Waals surface area (Å²) in [4.78, 5) is 24.3. The number of ether oxygens (including phenoxy) is 1. The molecule has 0 radical (unpaired) electrons. The summed E-state index contributed by atoms with van der Waals surface area (Å²) in [5.41, 5.74) is 1.54. The molecule has 1 amide bonds. The molecule has 1 aromatic rings. The molecule has 0 aromatic heterocycles. The van der Waals surface area contributed by atoms with Crippen molar-refractivity contribution < 1.29 is 19.4 Å². The lowest BCUT2D eigenvalue weighted by Gasteiger charge is -2.37. The van der Waals surface area contributed by atoms with Crippen molar-refractivity contribution in [3.05, 3.63) is 34.3 Å². The normalized spacial score (nSPS) is 23.5. The third-order valence-electron chi connectivity index (χ3n) is 3.26. The Morgan fingerprint density at radius 3 is 2.79 bits per heavy atom. The van der Waals surface area contributed by atoms with E-state index in [-0.39, 0.29) is 12.5 Å². The fourth-order valence-electron chi connectivity index (χ4n) is 2.11. The quantitative estimate of drug-likeness (QED) is 0.896. The average molecular weight is 284 g/mol. The van der Waals surface area contributed by atoms with Crippen LogP contribution in [-0.2, 0) is 14.3 Å². The van der Waals surface area contributed by atoms with Gasteiger partial charge in [0.1, 0.15) is 6.61 Å². The van der Waals surface area contributed by atoms with Crippen molar-refractivity contribution in [1.29, 1.82) is 0 Å². The third kappa shape index (κ3) is 2.57. The maximum atomic E-state index is 11.7. The van der Waals surface area contributed by atoms with Gasteiger partial charge in [-0.1, -0.05) is 23.7 Å². The lowest BCUT2D eigenvalue weighted by Crippen LogP contribution is -2.50. The Hall–Kier alpha value is -1.59. The average Bonchev–Trinajstić information content (AvgIpc) is 2.35. The second kappa shape index (κ2) is 5.19. The number of benzene rings is 1. The van der Waals surface area contributed by atoms with Gasteiger partial charge in [0.25, 0.3) is 0 Å². The van der Waals surface area contributed by atoms with Crippen LogP contribution in [0.5, 0.6) is 0 Å². The first-order valence-electron chi connectivity index (χ1n) is 5.78. The largest absolute Gasteiger partial charge is 0.479 e. The first-order valence-corrected chi connectivity index (χ1v) is 6.15. The number of nitrogens with zero attached hydrogens (tertiary/aromatic N) is 1. The zero-order valence-electron chi connectivity index (χ0n) is 10.6. The molecule has 1 aromatic carbocycles. The van der Waals surface area contributed by atoms with Crippen molar-refractivity contribution in [3.63, 3.8) is 0 Å². The van der Waals surface area contributed by atoms with Crippen molar-refractivity contribution in [3.8, 4) is 0 Å². The SMILES string of the molecule is Cc1ccc(C2C(C(=O)O)OCC(=O)N2C)cc1Cl. The molecule has 1 N–H and O–H groups in total. The van der Waals surface area contributed by atoms with E-state index in [1.54, 1.807) is 25.2 Å². The molecule has 5 nitrogen and oxygen atoms in total. The molecule has 1 heterocycles. The highest BCUT2D eigenvalue weighted by atomic mass is 35.5. The summed E-state index contributed by atoms with van der Waals surface area (Å²) in [7, 11) is 1.57. The molecule has 1 fully saturated rings. The minimum absolute atomic E-state index is 0.219. The van der Waals surface area contributed by atoms with E-state index in [1.165, 1.54) is 4.90 Å². The zero-order valence-corrected chi connectivity index (χ0v) is 11.3. The fourth-order valence-corrected chi connectivity index (χ4v) is 2.30. The van der Waals surface area contributed by atoms with Crippen molar-refractivity contribution in [1.82, 2.24) is 4.90 Å². The summed E-state index contributed by atoms with van der Waals surface area (Å²) in [5, 5.41) is 9.74. The van der Waals surface area contributed by atoms with Gasteiger partial charge >= 0.3 is 5.97 Å². The van der Waals surface area contributed by atoms with Gasteiger partial charge in [-0.05, 0) is 24.1 Å². The number of aliphatic carboxylic acids is 1. The van der Waals surface area contributed by atoms with E-state index in [4.69, 9.17) is 16.3 Å². The Bertz CT molecular complexity index is 531. The molecule has 1 saturated heterocycles. The predicted molar refractivity (Wildman–Crippen MR) is 69.1 cm³/mol. The second-order valence-corrected chi connectivity index (χ2v) is 4.94. The van der Waals surface area contributed by atoms with Crippen LogP contribution < -0.4 is 0 Å². The molecule has 2 unspecified atom stereocenters. The van der Waals surface area contributed by atoms with Gasteiger partial charge in [-0.2, -0.15) is 0 Å². The van der Waals surface area contributed by atoms with E-state index >= 15 is 0 Å². The summed E-state index contributed by atoms with van der Waals surface area (Å²) < 4.78 is 5.13. The van der Waals surface area contributed by atoms with Gasteiger partial charge in [-0.25, -0.2) is 4.79 Å². The van der Waals surface area contributed by atoms with Crippen molar-refractivity contribution >= 4 is 23.5 Å². The van der Waals surface area contributed by atoms with Gasteiger partial charge in [0.2, 0.25) is 5.91 Å². The highest BCUT2D eigenvalue weighted by Crippen LogP contribution is 2.31. The third-order valence-corrected chi connectivity index (χ3v) is 3.67. The van der Waals surface area contributed by atoms with Gasteiger partial charge in [0, 0.05) is 12.1 Å². The van der Waals surface area contributed by atoms with E-state index in [0.717, 1.165) is 5.56 Å². The monoisotopic (exact) mass is 283 g/mol. The summed E-state index contributed by atoms with van der Waals surface area (Å²) in [6, 6.07) is 4.57. The van der Waals surface area contributed by atoms with Crippen LogP contribution in [-0.4, -0.2) is 41.6 Å². The van der Waals surface area contributed by atoms with E-state index in [0.29, 0.717) is 10.6 Å². The Kier molecular flexibility index (Phi) is 3.78. The molecule has 6 heteroatoms. The molecule has 1 aliphatic heterocycles. The maximum Gasteiger partial charge on any atom is 0.335 e. The van der Waals surface area contributed by atoms with Crippen LogP contribution in [0.25, 0.3) is 0 Å². The van der Waals surface area contributed by atoms with Gasteiger partial charge in [0.05, 0.1) is 6.04 Å². The number of carbonyl (C=O) groups excluding carboxylic acids is 1. The van der Waals surface area contributed by atoms with Gasteiger partial charge in [-0.15, -0.1) is 0 Å². The van der Waals surface area contributed by atoms with Crippen molar-refractivity contribution in [2.45, 2.75) is 19.1 Å². The molecular weight excluding hydrogens is 270 g/mol. The Balaban J connectivity index is 2.43. The number of morpholine rings is 1. The Morgan fingerprint density at radius 2 is 2.21 bits per heavy atom. The topological polar surface area (TPSA) is 66.8 Å². The number of likely N-dealkylation sites (N-methyl/N-ethyl adjacent to an activating group) is 1. The molecular formula is C13H14ClNO4. The van der Waals surface area contributed by atoms with E-state index in [1.807, 2.05) is 6.92 Å². The Morgan fingerprint density at radius 1 is 1.53 bits per heavy atom. The number of amides is 1. The van der Waals surface area contributed by atoms with Gasteiger partial charge in [0.15, 0.2) is 6.10 Å². The molecule has 0 spiro atoms. The van der Waals surface area contributed by atoms with Crippen molar-refractivity contribution in [2.75, 3.05) is 13.7 Å². The number of carboxylic acids is 1. The molecule has 102 valence electrons. The number of rotatable bonds is 2. The minimum atomic E-state index is -1.10. The second-order valence-electron chi connectivity index (χ2n) is 4.53. The lowest BCUT2D eigenvalue weighted by atomic mass is 9.97. The summed E-state index contributed by atoms with van der Waals surface area (Å²) in [6.45, 7) is 1.64. The molecule has 0 saturated carbocycles. The van der Waals surface area contributed by atoms with Crippen LogP contribution >= 0.6 is 11.6 Å². The molecule has 1 aliphatic rings. The number of carbonyl (C=O) groups is 2. The molecule has 0 aliphatic carbocycles. The number of hydrogen-bond acceptors (Lipinski definition) is 3. The van der Waals surface area contributed by atoms with Crippen LogP contribution in [0.1, 0.15) is 17.2 Å². The number of carboxylic acid groups (broad SMARTS) is 1. The summed E-state index contributed by atoms with van der Waals surface area (Å²) in [5.74, 6) is -1.35. The van der Waals surface area contributed by atoms with E-state index < -0.39 is 18.1 Å². The fraction of sp³-hybridized carbons (Fsp3) is 0.385. The first kappa shape index (κ1) is 13.8. The van der Waals surface area contributed by atoms with Crippen LogP contribution in [0.15, 0.2) is 18.2 Å². The first-order chi connectivity index (χ1) is 8.91. The van der Waals surface area contributed by atoms with Crippen LogP contribution in [0.3, 0.4) is 0 Å². The lowest BCUT2D eigenvalue weighted by molar-refractivity contribution is -0.171. The van der Waals surface area contributed by atoms with Crippen molar-refractivity contribution in [2.24, 2.45) is 0 Å². The molecule has 2 atom stereocenters. The molecule has 0 bridgehead atoms. The predicted octanol–water partition coefficient (Wildman–Crippen LogP) is 1.63. The van der Waals surface area contributed by atoms with E-state index in [2.05, 4.69) is 0 Å². The summed E-state index contributed by atoms with van der Waals surface area (Å²) in [6.07, 6.45) is -1.08. The van der Waals surface area contributed by atoms with Crippen LogP contribution in [0.4, 0.5) is 0 Å². The summed E-state index contributed by atoms with van der Waals surface area (Å²) >= 11 is 6.05. The number of hydrogen-bond donors (Lipinski definition) is 1. The van der Waals surface area contributed by atoms with Crippen LogP contribution in [0.2, 0.25) is 5.02 Å². The zero-order chi connectivity index (χ0) is 14.2. The standard InChI is InChI=1S/C13H14ClNO4/c1-7-3-4-8(5-9(7)14)11-12(13(17)18)19-6-10(16)15(11)2/h3-5,11-12H,6H2,1-2H3,(H,17,18). The van der Waals surface area contributed by atoms with Gasteiger partial charge < -0.3 is 14.7 Å². The van der Waals surface area contributed by atoms with Crippen LogP contribution in [0, 0.1) is 6.92 Å². The van der Waals surface area contributed by atoms with Gasteiger partial charge in [-0.3, -0.25) is 4.79 Å². The molecule has 19 heavy (non-hydrogen) atoms. The minimum Gasteiger partial charge on any atom is -0.479 e. The Labute approximate surface area is 115 Å². The maximum absolute atomic E-state index is 11.7. The highest BCUT2D eigenvalue weighted by Gasteiger charge is 2.40. The van der Waals surface area contributed by atoms with E-state index in [9.17, 15) is 14.7 Å².